The second-order valence-corrected chi connectivity index (χ2v) is 9.53. The zero-order chi connectivity index (χ0) is 26.8. The molecule has 1 unspecified atom stereocenters. The van der Waals surface area contributed by atoms with Crippen LogP contribution in [0.4, 0.5) is 0 Å². The van der Waals surface area contributed by atoms with Crippen LogP contribution in [0.3, 0.4) is 0 Å². The number of carboxylic acids is 1. The molecule has 0 fully saturated rings. The highest BCUT2D eigenvalue weighted by Gasteiger charge is 2.28. The molecule has 1 aromatic heterocycles. The Bertz CT molecular complexity index is 1500. The predicted octanol–water partition coefficient (Wildman–Crippen LogP) is 3.72. The molecule has 9 nitrogen and oxygen atoms in total. The zero-order valence-electron chi connectivity index (χ0n) is 21.7. The van der Waals surface area contributed by atoms with E-state index < -0.39 is 11.9 Å². The van der Waals surface area contributed by atoms with Crippen molar-refractivity contribution in [1.82, 2.24) is 19.9 Å². The summed E-state index contributed by atoms with van der Waals surface area (Å²) in [4.78, 5) is 27.0. The maximum atomic E-state index is 13.1. The number of aliphatic carboxylic acids is 1. The van der Waals surface area contributed by atoms with Crippen LogP contribution in [-0.2, 0) is 36.0 Å². The van der Waals surface area contributed by atoms with Crippen LogP contribution < -0.4 is 9.47 Å². The molecule has 0 spiro atoms. The van der Waals surface area contributed by atoms with Crippen molar-refractivity contribution >= 4 is 22.9 Å². The molecular weight excluding hydrogens is 484 g/mol. The van der Waals surface area contributed by atoms with Gasteiger partial charge in [0.05, 0.1) is 27.1 Å². The van der Waals surface area contributed by atoms with Crippen molar-refractivity contribution in [2.24, 2.45) is 7.05 Å². The molecule has 0 aliphatic carbocycles. The molecule has 2 heterocycles. The third kappa shape index (κ3) is 4.91. The summed E-state index contributed by atoms with van der Waals surface area (Å²) in [5, 5.41) is 18.2. The maximum absolute atomic E-state index is 13.1. The summed E-state index contributed by atoms with van der Waals surface area (Å²) >= 11 is 0. The lowest BCUT2D eigenvalue weighted by Crippen LogP contribution is -2.37. The molecule has 0 bridgehead atoms. The van der Waals surface area contributed by atoms with Gasteiger partial charge in [0.1, 0.15) is 22.5 Å². The summed E-state index contributed by atoms with van der Waals surface area (Å²) in [6.45, 7) is 1.07. The quantitative estimate of drug-likeness (QED) is 0.382. The molecule has 196 valence electrons. The number of hydrogen-bond acceptors (Lipinski definition) is 6. The fourth-order valence-corrected chi connectivity index (χ4v) is 5.32. The Morgan fingerprint density at radius 2 is 1.87 bits per heavy atom. The molecule has 1 amide bonds. The largest absolute Gasteiger partial charge is 0.497 e. The van der Waals surface area contributed by atoms with Crippen LogP contribution in [0.25, 0.3) is 11.0 Å². The number of carbonyl (C=O) groups excluding carboxylic acids is 1. The lowest BCUT2D eigenvalue weighted by Gasteiger charge is -2.32. The van der Waals surface area contributed by atoms with E-state index in [1.54, 1.807) is 25.9 Å². The van der Waals surface area contributed by atoms with Gasteiger partial charge in [-0.3, -0.25) is 9.59 Å². The van der Waals surface area contributed by atoms with Gasteiger partial charge in [0.15, 0.2) is 0 Å². The van der Waals surface area contributed by atoms with E-state index in [2.05, 4.69) is 10.3 Å². The SMILES string of the molecule is COc1ccc(CC(=O)N2CCc3c(cccc3C(CC(=O)O)c3cc(OC)c4c(c3)nnn4C)C2)cc1. The van der Waals surface area contributed by atoms with Crippen LogP contribution in [0.2, 0.25) is 0 Å². The first-order valence-corrected chi connectivity index (χ1v) is 12.5. The Labute approximate surface area is 220 Å². The van der Waals surface area contributed by atoms with E-state index >= 15 is 0 Å². The summed E-state index contributed by atoms with van der Waals surface area (Å²) in [7, 11) is 4.99. The smallest absolute Gasteiger partial charge is 0.304 e. The van der Waals surface area contributed by atoms with Gasteiger partial charge < -0.3 is 19.5 Å². The number of methoxy groups -OCH3 is 2. The van der Waals surface area contributed by atoms with E-state index in [0.29, 0.717) is 37.2 Å². The van der Waals surface area contributed by atoms with Gasteiger partial charge in [-0.2, -0.15) is 0 Å². The van der Waals surface area contributed by atoms with Gasteiger partial charge in [-0.25, -0.2) is 4.68 Å². The van der Waals surface area contributed by atoms with Crippen LogP contribution >= 0.6 is 0 Å². The molecule has 1 N–H and O–H groups in total. The number of ether oxygens (including phenoxy) is 2. The minimum Gasteiger partial charge on any atom is -0.497 e. The van der Waals surface area contributed by atoms with Crippen molar-refractivity contribution in [3.05, 3.63) is 82.4 Å². The maximum Gasteiger partial charge on any atom is 0.304 e. The summed E-state index contributed by atoms with van der Waals surface area (Å²) in [5.41, 5.74) is 6.25. The van der Waals surface area contributed by atoms with Gasteiger partial charge in [-0.15, -0.1) is 5.10 Å². The summed E-state index contributed by atoms with van der Waals surface area (Å²) in [5.74, 6) is 0.126. The van der Waals surface area contributed by atoms with Crippen LogP contribution in [0.1, 0.15) is 40.2 Å². The zero-order valence-corrected chi connectivity index (χ0v) is 21.7. The Balaban J connectivity index is 1.44. The lowest BCUT2D eigenvalue weighted by molar-refractivity contribution is -0.137. The molecule has 0 saturated heterocycles. The van der Waals surface area contributed by atoms with Gasteiger partial charge in [-0.1, -0.05) is 35.5 Å². The van der Waals surface area contributed by atoms with E-state index in [9.17, 15) is 14.7 Å². The van der Waals surface area contributed by atoms with Crippen LogP contribution in [-0.4, -0.2) is 57.6 Å². The molecular formula is C29H30N4O5. The topological polar surface area (TPSA) is 107 Å². The van der Waals surface area contributed by atoms with E-state index in [1.165, 1.54) is 0 Å². The van der Waals surface area contributed by atoms with Gasteiger partial charge >= 0.3 is 5.97 Å². The molecule has 4 aromatic rings. The monoisotopic (exact) mass is 514 g/mol. The Morgan fingerprint density at radius 1 is 1.08 bits per heavy atom. The van der Waals surface area contributed by atoms with E-state index in [4.69, 9.17) is 9.47 Å². The number of aromatic nitrogens is 3. The molecule has 1 aliphatic heterocycles. The first-order valence-electron chi connectivity index (χ1n) is 12.5. The molecule has 1 aliphatic rings. The average molecular weight is 515 g/mol. The van der Waals surface area contributed by atoms with Gasteiger partial charge in [-0.05, 0) is 58.5 Å². The predicted molar refractivity (Wildman–Crippen MR) is 141 cm³/mol. The van der Waals surface area contributed by atoms with E-state index in [0.717, 1.165) is 39.1 Å². The van der Waals surface area contributed by atoms with Gasteiger partial charge in [0, 0.05) is 26.1 Å². The molecule has 0 radical (unpaired) electrons. The Hall–Kier alpha value is -4.40. The molecule has 0 saturated carbocycles. The highest BCUT2D eigenvalue weighted by molar-refractivity contribution is 5.83. The summed E-state index contributed by atoms with van der Waals surface area (Å²) < 4.78 is 12.5. The number of benzene rings is 3. The normalized spacial score (nSPS) is 13.7. The minimum atomic E-state index is -0.891. The second kappa shape index (κ2) is 10.5. The number of fused-ring (bicyclic) bond motifs is 2. The molecule has 3 aromatic carbocycles. The highest BCUT2D eigenvalue weighted by atomic mass is 16.5. The number of amides is 1. The first kappa shape index (κ1) is 25.3. The number of carbonyl (C=O) groups is 2. The number of carboxylic acid groups (broad SMARTS) is 1. The van der Waals surface area contributed by atoms with Crippen LogP contribution in [0.5, 0.6) is 11.5 Å². The minimum absolute atomic E-state index is 0.0612. The summed E-state index contributed by atoms with van der Waals surface area (Å²) in [6, 6.07) is 17.3. The van der Waals surface area contributed by atoms with Crippen LogP contribution in [0.15, 0.2) is 54.6 Å². The standard InChI is InChI=1S/C29H30N4O5/c1-32-29-25(30-31-32)14-20(15-26(29)38-3)24(16-28(35)36)23-6-4-5-19-17-33(12-11-22(19)23)27(34)13-18-7-9-21(37-2)10-8-18/h4-10,14-15,24H,11-13,16-17H2,1-3H3,(H,35,36). The number of rotatable bonds is 8. The van der Waals surface area contributed by atoms with Crippen molar-refractivity contribution in [3.8, 4) is 11.5 Å². The average Bonchev–Trinajstić information content (AvgIpc) is 3.31. The Kier molecular flexibility index (Phi) is 7.00. The summed E-state index contributed by atoms with van der Waals surface area (Å²) in [6.07, 6.45) is 0.893. The van der Waals surface area contributed by atoms with Crippen molar-refractivity contribution in [2.45, 2.75) is 31.7 Å². The Morgan fingerprint density at radius 3 is 2.58 bits per heavy atom. The number of aryl methyl sites for hydroxylation is 1. The molecule has 38 heavy (non-hydrogen) atoms. The van der Waals surface area contributed by atoms with Gasteiger partial charge in [0.25, 0.3) is 0 Å². The second-order valence-electron chi connectivity index (χ2n) is 9.53. The van der Waals surface area contributed by atoms with E-state index in [1.807, 2.05) is 59.5 Å². The third-order valence-corrected chi connectivity index (χ3v) is 7.23. The van der Waals surface area contributed by atoms with Crippen molar-refractivity contribution in [2.75, 3.05) is 20.8 Å². The molecule has 9 heteroatoms. The van der Waals surface area contributed by atoms with Crippen molar-refractivity contribution in [3.63, 3.8) is 0 Å². The first-order chi connectivity index (χ1) is 18.4. The lowest BCUT2D eigenvalue weighted by atomic mass is 9.82. The fourth-order valence-electron chi connectivity index (χ4n) is 5.32. The van der Waals surface area contributed by atoms with Gasteiger partial charge in [0.2, 0.25) is 5.91 Å². The van der Waals surface area contributed by atoms with Crippen molar-refractivity contribution in [1.29, 1.82) is 0 Å². The van der Waals surface area contributed by atoms with Crippen molar-refractivity contribution < 1.29 is 24.2 Å². The molecule has 5 rings (SSSR count). The third-order valence-electron chi connectivity index (χ3n) is 7.23. The number of nitrogens with zero attached hydrogens (tertiary/aromatic N) is 4. The van der Waals surface area contributed by atoms with Crippen LogP contribution in [0, 0.1) is 0 Å². The number of hydrogen-bond donors (Lipinski definition) is 1. The fraction of sp³-hybridized carbons (Fsp3) is 0.310. The van der Waals surface area contributed by atoms with E-state index in [-0.39, 0.29) is 12.3 Å². The molecule has 1 atom stereocenters. The highest BCUT2D eigenvalue weighted by Crippen LogP contribution is 2.38.